The summed E-state index contributed by atoms with van der Waals surface area (Å²) in [7, 11) is 0. The third-order valence-corrected chi connectivity index (χ3v) is 4.94. The minimum absolute atomic E-state index is 0.331. The van der Waals surface area contributed by atoms with Gasteiger partial charge in [-0.2, -0.15) is 11.8 Å². The molecule has 94 valence electrons. The summed E-state index contributed by atoms with van der Waals surface area (Å²) in [5.41, 5.74) is 0.394. The molecule has 0 amide bonds. The Morgan fingerprint density at radius 1 is 1.65 bits per heavy atom. The van der Waals surface area contributed by atoms with Crippen LogP contribution in [0.3, 0.4) is 0 Å². The van der Waals surface area contributed by atoms with Gasteiger partial charge in [-0.3, -0.25) is 0 Å². The zero-order chi connectivity index (χ0) is 12.4. The van der Waals surface area contributed by atoms with Crippen molar-refractivity contribution in [3.05, 3.63) is 22.4 Å². The molecule has 1 saturated carbocycles. The molecule has 0 aromatic carbocycles. The normalized spacial score (nSPS) is 24.1. The maximum absolute atomic E-state index is 11.2. The Bertz CT molecular complexity index is 419. The summed E-state index contributed by atoms with van der Waals surface area (Å²) in [6, 6.07) is 2.02. The van der Waals surface area contributed by atoms with Crippen LogP contribution in [0.15, 0.2) is 16.7 Å². The Kier molecular flexibility index (Phi) is 4.20. The number of carbonyl (C=O) groups is 1. The number of hydrogen-bond donors (Lipinski definition) is 1. The maximum Gasteiger partial charge on any atom is 0.352 e. The van der Waals surface area contributed by atoms with Crippen molar-refractivity contribution in [1.29, 1.82) is 0 Å². The van der Waals surface area contributed by atoms with Gasteiger partial charge in [-0.05, 0) is 40.6 Å². The van der Waals surface area contributed by atoms with E-state index in [0.717, 1.165) is 16.6 Å². The van der Waals surface area contributed by atoms with E-state index in [4.69, 9.17) is 0 Å². The van der Waals surface area contributed by atoms with Crippen LogP contribution >= 0.6 is 27.7 Å². The second-order valence-corrected chi connectivity index (χ2v) is 6.68. The number of hydrogen-bond acceptors (Lipinski definition) is 2. The van der Waals surface area contributed by atoms with Crippen molar-refractivity contribution in [3.63, 3.8) is 0 Å². The summed E-state index contributed by atoms with van der Waals surface area (Å²) < 4.78 is 2.79. The van der Waals surface area contributed by atoms with Gasteiger partial charge in [-0.1, -0.05) is 13.3 Å². The van der Waals surface area contributed by atoms with E-state index in [2.05, 4.69) is 22.9 Å². The number of nitrogens with zero attached hydrogens (tertiary/aromatic N) is 1. The van der Waals surface area contributed by atoms with E-state index < -0.39 is 5.97 Å². The van der Waals surface area contributed by atoms with Gasteiger partial charge in [0.25, 0.3) is 0 Å². The van der Waals surface area contributed by atoms with Crippen LogP contribution in [0, 0.1) is 0 Å². The molecule has 2 rings (SSSR count). The Balaban J connectivity index is 2.29. The number of rotatable bonds is 4. The first kappa shape index (κ1) is 13.0. The predicted octanol–water partition coefficient (Wildman–Crippen LogP) is 3.80. The fourth-order valence-corrected chi connectivity index (χ4v) is 4.21. The zero-order valence-corrected chi connectivity index (χ0v) is 12.1. The molecule has 0 aliphatic heterocycles. The molecule has 0 spiro atoms. The second kappa shape index (κ2) is 5.48. The topological polar surface area (TPSA) is 42.2 Å². The smallest absolute Gasteiger partial charge is 0.352 e. The zero-order valence-electron chi connectivity index (χ0n) is 9.73. The molecule has 17 heavy (non-hydrogen) atoms. The average molecular weight is 318 g/mol. The summed E-state index contributed by atoms with van der Waals surface area (Å²) in [5.74, 6) is 0.245. The first-order valence-electron chi connectivity index (χ1n) is 5.85. The molecule has 0 radical (unpaired) electrons. The van der Waals surface area contributed by atoms with E-state index in [9.17, 15) is 9.90 Å². The van der Waals surface area contributed by atoms with Crippen molar-refractivity contribution in [1.82, 2.24) is 4.57 Å². The molecular weight excluding hydrogens is 302 g/mol. The van der Waals surface area contributed by atoms with E-state index in [1.165, 1.54) is 12.8 Å². The minimum atomic E-state index is -0.845. The highest BCUT2D eigenvalue weighted by molar-refractivity contribution is 9.10. The fraction of sp³-hybridized carbons (Fsp3) is 0.583. The number of carboxylic acids is 1. The molecule has 1 fully saturated rings. The van der Waals surface area contributed by atoms with Gasteiger partial charge in [0.15, 0.2) is 0 Å². The quantitative estimate of drug-likeness (QED) is 0.918. The molecule has 1 aliphatic rings. The van der Waals surface area contributed by atoms with E-state index in [-0.39, 0.29) is 0 Å². The van der Waals surface area contributed by atoms with Crippen LogP contribution in [-0.4, -0.2) is 26.6 Å². The van der Waals surface area contributed by atoms with E-state index in [1.54, 1.807) is 6.07 Å². The van der Waals surface area contributed by atoms with Crippen LogP contribution in [0.4, 0.5) is 0 Å². The molecule has 0 saturated heterocycles. The van der Waals surface area contributed by atoms with Gasteiger partial charge in [0.1, 0.15) is 5.69 Å². The lowest BCUT2D eigenvalue weighted by Crippen LogP contribution is -2.19. The SMILES string of the molecule is CCSC1CCCC1n1cc(Br)cc1C(=O)O. The van der Waals surface area contributed by atoms with Gasteiger partial charge in [0, 0.05) is 22.0 Å². The Morgan fingerprint density at radius 2 is 2.41 bits per heavy atom. The second-order valence-electron chi connectivity index (χ2n) is 4.25. The Hall–Kier alpha value is -0.420. The Labute approximate surface area is 114 Å². The van der Waals surface area contributed by atoms with Gasteiger partial charge in [-0.25, -0.2) is 4.79 Å². The van der Waals surface area contributed by atoms with E-state index >= 15 is 0 Å². The Morgan fingerprint density at radius 3 is 3.06 bits per heavy atom. The summed E-state index contributed by atoms with van der Waals surface area (Å²) in [5, 5.41) is 9.76. The number of aromatic carboxylic acids is 1. The molecule has 1 aromatic heterocycles. The van der Waals surface area contributed by atoms with Crippen molar-refractivity contribution in [2.24, 2.45) is 0 Å². The van der Waals surface area contributed by atoms with Crippen molar-refractivity contribution in [3.8, 4) is 0 Å². The molecule has 2 unspecified atom stereocenters. The fourth-order valence-electron chi connectivity index (χ4n) is 2.52. The molecule has 1 heterocycles. The predicted molar refractivity (Wildman–Crippen MR) is 73.9 cm³/mol. The van der Waals surface area contributed by atoms with Crippen LogP contribution in [0.25, 0.3) is 0 Å². The number of carboxylic acid groups (broad SMARTS) is 1. The van der Waals surface area contributed by atoms with Crippen molar-refractivity contribution >= 4 is 33.7 Å². The average Bonchev–Trinajstić information content (AvgIpc) is 2.84. The lowest BCUT2D eigenvalue weighted by Gasteiger charge is -2.21. The molecule has 5 heteroatoms. The highest BCUT2D eigenvalue weighted by atomic mass is 79.9. The molecule has 0 bridgehead atoms. The van der Waals surface area contributed by atoms with Crippen molar-refractivity contribution in [2.75, 3.05) is 5.75 Å². The first-order valence-corrected chi connectivity index (χ1v) is 7.70. The first-order chi connectivity index (χ1) is 8.13. The minimum Gasteiger partial charge on any atom is -0.477 e. The van der Waals surface area contributed by atoms with Gasteiger partial charge < -0.3 is 9.67 Å². The van der Waals surface area contributed by atoms with Gasteiger partial charge in [-0.15, -0.1) is 0 Å². The van der Waals surface area contributed by atoms with Crippen LogP contribution in [0.1, 0.15) is 42.7 Å². The van der Waals surface area contributed by atoms with E-state index in [1.807, 2.05) is 22.5 Å². The standard InChI is InChI=1S/C12H16BrNO2S/c1-2-17-11-5-3-4-9(11)14-7-8(13)6-10(14)12(15)16/h6-7,9,11H,2-5H2,1H3,(H,15,16). The summed E-state index contributed by atoms with van der Waals surface area (Å²) >= 11 is 5.31. The third kappa shape index (κ3) is 2.71. The van der Waals surface area contributed by atoms with Crippen molar-refractivity contribution in [2.45, 2.75) is 37.5 Å². The monoisotopic (exact) mass is 317 g/mol. The van der Waals surface area contributed by atoms with Crippen LogP contribution in [0.2, 0.25) is 0 Å². The van der Waals surface area contributed by atoms with Crippen molar-refractivity contribution < 1.29 is 9.90 Å². The summed E-state index contributed by atoms with van der Waals surface area (Å²) in [6.45, 7) is 2.16. The largest absolute Gasteiger partial charge is 0.477 e. The van der Waals surface area contributed by atoms with Gasteiger partial charge >= 0.3 is 5.97 Å². The number of thioether (sulfide) groups is 1. The van der Waals surface area contributed by atoms with Crippen LogP contribution in [0.5, 0.6) is 0 Å². The number of halogens is 1. The maximum atomic E-state index is 11.2. The number of aromatic nitrogens is 1. The van der Waals surface area contributed by atoms with Crippen LogP contribution < -0.4 is 0 Å². The lowest BCUT2D eigenvalue weighted by atomic mass is 10.2. The molecule has 1 aliphatic carbocycles. The van der Waals surface area contributed by atoms with Gasteiger partial charge in [0.2, 0.25) is 0 Å². The van der Waals surface area contributed by atoms with Crippen LogP contribution in [-0.2, 0) is 0 Å². The highest BCUT2D eigenvalue weighted by Crippen LogP contribution is 2.39. The molecule has 1 N–H and O–H groups in total. The molecule has 3 nitrogen and oxygen atoms in total. The molecule has 1 aromatic rings. The third-order valence-electron chi connectivity index (χ3n) is 3.19. The van der Waals surface area contributed by atoms with E-state index in [0.29, 0.717) is 17.0 Å². The summed E-state index contributed by atoms with van der Waals surface area (Å²) in [6.07, 6.45) is 5.37. The van der Waals surface area contributed by atoms with Gasteiger partial charge in [0.05, 0.1) is 0 Å². The summed E-state index contributed by atoms with van der Waals surface area (Å²) in [4.78, 5) is 11.2. The molecule has 2 atom stereocenters. The lowest BCUT2D eigenvalue weighted by molar-refractivity contribution is 0.0683. The molecular formula is C12H16BrNO2S. The highest BCUT2D eigenvalue weighted by Gasteiger charge is 2.30.